The van der Waals surface area contributed by atoms with Crippen molar-refractivity contribution in [3.8, 4) is 0 Å². The number of aromatic carboxylic acids is 1. The maximum absolute atomic E-state index is 11.6. The Morgan fingerprint density at radius 3 is 2.32 bits per heavy atom. The molecule has 1 aromatic rings. The number of piperazine rings is 1. The topological polar surface area (TPSA) is 65.0 Å². The zero-order valence-corrected chi connectivity index (χ0v) is 32.5. The minimum Gasteiger partial charge on any atom is -0.478 e. The molecule has 9 atom stereocenters. The molecule has 2 N–H and O–H groups in total. The standard InChI is InChI=1S/C44H67N3O3/c1-30(2)33-15-20-44(29-50-45-23-24-47-27-25-46(8)26-28-47)22-21-42(6)35(38(33)44)13-14-37-41(5)18-16-34(31-9-11-32(12-10-31)39(48)49)40(3,4)36(41)17-19-43(37,42)7/h9-12,16,33,35-38,45H,1,13-15,17-29H2,2-8H3,(H,48,49)/t33-,35?,36?,37?,38?,41-,42+,43+,44+/m0/s1. The van der Waals surface area contributed by atoms with E-state index >= 15 is 0 Å². The second-order valence-electron chi connectivity index (χ2n) is 19.3. The minimum atomic E-state index is -0.857. The van der Waals surface area contributed by atoms with E-state index in [0.717, 1.165) is 52.3 Å². The second kappa shape index (κ2) is 13.1. The van der Waals surface area contributed by atoms with E-state index in [2.05, 4.69) is 76.5 Å². The third-order valence-corrected chi connectivity index (χ3v) is 16.8. The largest absolute Gasteiger partial charge is 0.478 e. The van der Waals surface area contributed by atoms with E-state index in [-0.39, 0.29) is 16.2 Å². The maximum atomic E-state index is 11.6. The van der Waals surface area contributed by atoms with Crippen LogP contribution in [0.1, 0.15) is 115 Å². The molecule has 0 aromatic heterocycles. The smallest absolute Gasteiger partial charge is 0.335 e. The van der Waals surface area contributed by atoms with Crippen molar-refractivity contribution >= 4 is 11.5 Å². The Balaban J connectivity index is 1.10. The van der Waals surface area contributed by atoms with Crippen molar-refractivity contribution in [3.63, 3.8) is 0 Å². The first-order valence-corrected chi connectivity index (χ1v) is 20.1. The van der Waals surface area contributed by atoms with E-state index in [0.29, 0.717) is 46.0 Å². The van der Waals surface area contributed by atoms with Gasteiger partial charge in [-0.3, -0.25) is 4.90 Å². The number of rotatable bonds is 9. The van der Waals surface area contributed by atoms with Crippen molar-refractivity contribution in [2.45, 2.75) is 99.3 Å². The van der Waals surface area contributed by atoms with Crippen molar-refractivity contribution in [2.24, 2.45) is 56.7 Å². The van der Waals surface area contributed by atoms with Crippen LogP contribution < -0.4 is 5.48 Å². The summed E-state index contributed by atoms with van der Waals surface area (Å²) < 4.78 is 0. The molecule has 4 unspecified atom stereocenters. The average molecular weight is 686 g/mol. The molecule has 1 saturated heterocycles. The summed E-state index contributed by atoms with van der Waals surface area (Å²) in [5, 5.41) is 9.50. The van der Waals surface area contributed by atoms with Gasteiger partial charge in [-0.25, -0.2) is 10.3 Å². The lowest BCUT2D eigenvalue weighted by atomic mass is 9.32. The van der Waals surface area contributed by atoms with Crippen LogP contribution in [0.15, 0.2) is 42.5 Å². The molecular formula is C44H67N3O3. The molecule has 0 bridgehead atoms. The summed E-state index contributed by atoms with van der Waals surface area (Å²) in [6.45, 7) is 27.4. The van der Waals surface area contributed by atoms with Gasteiger partial charge in [0.05, 0.1) is 12.2 Å². The highest BCUT2D eigenvalue weighted by Crippen LogP contribution is 2.77. The Kier molecular flexibility index (Phi) is 9.56. The first kappa shape index (κ1) is 36.4. The number of carboxylic acid groups (broad SMARTS) is 1. The lowest BCUT2D eigenvalue weighted by Crippen LogP contribution is -2.65. The van der Waals surface area contributed by atoms with Gasteiger partial charge < -0.3 is 14.8 Å². The third-order valence-electron chi connectivity index (χ3n) is 16.8. The highest BCUT2D eigenvalue weighted by molar-refractivity contribution is 5.88. The van der Waals surface area contributed by atoms with Gasteiger partial charge in [0, 0.05) is 39.3 Å². The van der Waals surface area contributed by atoms with E-state index in [1.54, 1.807) is 12.1 Å². The molecule has 1 aliphatic heterocycles. The number of nitrogens with one attached hydrogen (secondary N) is 1. The lowest BCUT2D eigenvalue weighted by Gasteiger charge is -2.72. The van der Waals surface area contributed by atoms with Crippen LogP contribution in [0.3, 0.4) is 0 Å². The van der Waals surface area contributed by atoms with Gasteiger partial charge in [0.2, 0.25) is 0 Å². The van der Waals surface area contributed by atoms with Crippen LogP contribution in [-0.4, -0.2) is 73.8 Å². The van der Waals surface area contributed by atoms with E-state index < -0.39 is 5.97 Å². The second-order valence-corrected chi connectivity index (χ2v) is 19.3. The van der Waals surface area contributed by atoms with Crippen molar-refractivity contribution in [1.82, 2.24) is 15.3 Å². The third kappa shape index (κ3) is 5.69. The number of benzene rings is 1. The molecule has 6 heteroatoms. The maximum Gasteiger partial charge on any atom is 0.335 e. The number of hydrogen-bond donors (Lipinski definition) is 2. The quantitative estimate of drug-likeness (QED) is 0.154. The minimum absolute atomic E-state index is 0.0315. The van der Waals surface area contributed by atoms with Gasteiger partial charge >= 0.3 is 5.97 Å². The van der Waals surface area contributed by atoms with Gasteiger partial charge in [0.15, 0.2) is 0 Å². The number of allylic oxidation sites excluding steroid dienone is 3. The van der Waals surface area contributed by atoms with Crippen molar-refractivity contribution in [1.29, 1.82) is 0 Å². The Morgan fingerprint density at radius 1 is 0.920 bits per heavy atom. The number of carboxylic acids is 1. The van der Waals surface area contributed by atoms with Crippen molar-refractivity contribution in [3.05, 3.63) is 53.6 Å². The van der Waals surface area contributed by atoms with Crippen LogP contribution in [0.4, 0.5) is 0 Å². The molecule has 4 saturated carbocycles. The van der Waals surface area contributed by atoms with Crippen LogP contribution in [0.2, 0.25) is 0 Å². The number of likely N-dealkylation sites (N-methyl/N-ethyl adjacent to an activating group) is 1. The molecule has 0 amide bonds. The number of carbonyl (C=O) groups is 1. The molecule has 1 heterocycles. The predicted octanol–water partition coefficient (Wildman–Crippen LogP) is 8.80. The Labute approximate surface area is 303 Å². The van der Waals surface area contributed by atoms with E-state index in [1.807, 2.05) is 12.1 Å². The SMILES string of the molecule is C=C(C)[C@@H]1CC[C@]2(CONCCN3CCN(C)CC3)CC[C@]3(C)C(CCC4[C@@]5(C)CC=C(c6ccc(C(=O)O)cc6)C(C)(C)C5CC[C@]43C)C12. The van der Waals surface area contributed by atoms with E-state index in [9.17, 15) is 9.90 Å². The normalized spacial score (nSPS) is 41.3. The average Bonchev–Trinajstić information content (AvgIpc) is 3.46. The number of fused-ring (bicyclic) bond motifs is 7. The van der Waals surface area contributed by atoms with Gasteiger partial charge in [0.1, 0.15) is 0 Å². The number of hydrogen-bond acceptors (Lipinski definition) is 5. The van der Waals surface area contributed by atoms with Crippen molar-refractivity contribution in [2.75, 3.05) is 52.9 Å². The Morgan fingerprint density at radius 2 is 1.64 bits per heavy atom. The fraction of sp³-hybridized carbons (Fsp3) is 0.750. The zero-order chi connectivity index (χ0) is 35.7. The van der Waals surface area contributed by atoms with E-state index in [1.165, 1.54) is 68.1 Å². The Hall–Kier alpha value is -1.99. The molecule has 276 valence electrons. The summed E-state index contributed by atoms with van der Waals surface area (Å²) in [5.74, 6) is 2.42. The summed E-state index contributed by atoms with van der Waals surface area (Å²) in [5.41, 5.74) is 8.95. The first-order chi connectivity index (χ1) is 23.7. The van der Waals surface area contributed by atoms with Crippen LogP contribution in [0.5, 0.6) is 0 Å². The monoisotopic (exact) mass is 686 g/mol. The van der Waals surface area contributed by atoms with Gasteiger partial charge in [-0.15, -0.1) is 0 Å². The molecule has 5 aliphatic carbocycles. The van der Waals surface area contributed by atoms with E-state index in [4.69, 9.17) is 4.84 Å². The molecule has 1 aromatic carbocycles. The number of nitrogens with zero attached hydrogens (tertiary/aromatic N) is 2. The molecule has 5 fully saturated rings. The van der Waals surface area contributed by atoms with Gasteiger partial charge in [0.25, 0.3) is 0 Å². The molecule has 0 spiro atoms. The van der Waals surface area contributed by atoms with Crippen LogP contribution in [0, 0.1) is 56.7 Å². The molecule has 7 rings (SSSR count). The molecule has 6 nitrogen and oxygen atoms in total. The van der Waals surface area contributed by atoms with Crippen molar-refractivity contribution < 1.29 is 14.7 Å². The summed E-state index contributed by atoms with van der Waals surface area (Å²) >= 11 is 0. The van der Waals surface area contributed by atoms with Crippen LogP contribution in [0.25, 0.3) is 5.57 Å². The van der Waals surface area contributed by atoms with Crippen LogP contribution in [-0.2, 0) is 4.84 Å². The summed E-state index contributed by atoms with van der Waals surface area (Å²) in [6.07, 6.45) is 14.0. The molecule has 50 heavy (non-hydrogen) atoms. The predicted molar refractivity (Wildman–Crippen MR) is 204 cm³/mol. The summed E-state index contributed by atoms with van der Waals surface area (Å²) in [4.78, 5) is 23.0. The lowest BCUT2D eigenvalue weighted by molar-refractivity contribution is -0.231. The summed E-state index contributed by atoms with van der Waals surface area (Å²) in [7, 11) is 2.22. The molecule has 0 radical (unpaired) electrons. The fourth-order valence-corrected chi connectivity index (χ4v) is 14.0. The first-order valence-electron chi connectivity index (χ1n) is 20.1. The highest BCUT2D eigenvalue weighted by Gasteiger charge is 2.70. The van der Waals surface area contributed by atoms with Gasteiger partial charge in [-0.1, -0.05) is 65.0 Å². The number of hydroxylamine groups is 1. The van der Waals surface area contributed by atoms with Gasteiger partial charge in [-0.05, 0) is 152 Å². The zero-order valence-electron chi connectivity index (χ0n) is 32.5. The van der Waals surface area contributed by atoms with Crippen LogP contribution >= 0.6 is 0 Å². The molecular weight excluding hydrogens is 619 g/mol. The highest BCUT2D eigenvalue weighted by atomic mass is 16.6. The summed E-state index contributed by atoms with van der Waals surface area (Å²) in [6, 6.07) is 7.64. The van der Waals surface area contributed by atoms with Gasteiger partial charge in [-0.2, -0.15) is 0 Å². The molecule has 6 aliphatic rings. The fourth-order valence-electron chi connectivity index (χ4n) is 14.0. The Bertz CT molecular complexity index is 1480.